The number of rotatable bonds is 5. The summed E-state index contributed by atoms with van der Waals surface area (Å²) in [5.74, 6) is 0.267. The summed E-state index contributed by atoms with van der Waals surface area (Å²) in [4.78, 5) is 25.6. The maximum Gasteiger partial charge on any atom is 0.508 e. The van der Waals surface area contributed by atoms with Crippen molar-refractivity contribution in [3.8, 4) is 6.07 Å². The van der Waals surface area contributed by atoms with Crippen LogP contribution in [0.15, 0.2) is 18.5 Å². The molecular weight excluding hydrogens is 433 g/mol. The Morgan fingerprint density at radius 2 is 2.23 bits per heavy atom. The molecule has 5 atom stereocenters. The molecule has 31 heavy (non-hydrogen) atoms. The van der Waals surface area contributed by atoms with Crippen molar-refractivity contribution in [3.63, 3.8) is 0 Å². The second-order valence-electron chi connectivity index (χ2n) is 7.50. The quantitative estimate of drug-likeness (QED) is 0.487. The number of ether oxygens (including phenoxy) is 3. The molecule has 13 nitrogen and oxygen atoms in total. The molecule has 0 radical (unpaired) electrons. The Kier molecular flexibility index (Phi) is 5.36. The van der Waals surface area contributed by atoms with Gasteiger partial charge in [0.15, 0.2) is 5.82 Å². The van der Waals surface area contributed by atoms with E-state index in [1.807, 2.05) is 19.9 Å². The molecule has 2 saturated heterocycles. The molecular formula is C17H20N5O8P. The van der Waals surface area contributed by atoms with Crippen LogP contribution in [0.2, 0.25) is 0 Å². The topological polar surface area (TPSA) is 181 Å². The Labute approximate surface area is 176 Å². The van der Waals surface area contributed by atoms with Gasteiger partial charge in [-0.25, -0.2) is 18.9 Å². The predicted octanol–water partition coefficient (Wildman–Crippen LogP) is 1.12. The van der Waals surface area contributed by atoms with Gasteiger partial charge in [0.2, 0.25) is 5.60 Å². The number of fused-ring (bicyclic) bond motifs is 2. The first kappa shape index (κ1) is 21.5. The predicted molar refractivity (Wildman–Crippen MR) is 101 cm³/mol. The van der Waals surface area contributed by atoms with E-state index >= 15 is 0 Å². The number of hydrogen-bond acceptors (Lipinski definition) is 11. The Hall–Kier alpha value is -2.75. The molecule has 14 heteroatoms. The van der Waals surface area contributed by atoms with Gasteiger partial charge in [-0.2, -0.15) is 10.4 Å². The average Bonchev–Trinajstić information content (AvgIpc) is 3.36. The van der Waals surface area contributed by atoms with Gasteiger partial charge in [0.1, 0.15) is 42.8 Å². The number of carbonyl (C=O) groups excluding carboxylic acids is 1. The Balaban J connectivity index is 1.65. The van der Waals surface area contributed by atoms with Crippen molar-refractivity contribution in [1.29, 1.82) is 5.26 Å². The number of phosphoric acid groups is 1. The number of nitrogens with zero attached hydrogens (tertiary/aromatic N) is 4. The molecule has 2 aromatic heterocycles. The van der Waals surface area contributed by atoms with Crippen molar-refractivity contribution in [2.45, 2.75) is 37.8 Å². The van der Waals surface area contributed by atoms with Crippen LogP contribution < -0.4 is 5.73 Å². The zero-order valence-corrected chi connectivity index (χ0v) is 17.5. The smallest absolute Gasteiger partial charge is 0.434 e. The van der Waals surface area contributed by atoms with Crippen LogP contribution in [0.5, 0.6) is 0 Å². The molecule has 0 amide bonds. The minimum atomic E-state index is -4.47. The van der Waals surface area contributed by atoms with Crippen LogP contribution in [0.25, 0.3) is 5.52 Å². The second-order valence-corrected chi connectivity index (χ2v) is 8.85. The summed E-state index contributed by atoms with van der Waals surface area (Å²) in [6, 6.07) is 5.10. The molecule has 166 valence electrons. The zero-order valence-electron chi connectivity index (χ0n) is 16.6. The lowest BCUT2D eigenvalue weighted by molar-refractivity contribution is -0.0787. The maximum atomic E-state index is 12.1. The van der Waals surface area contributed by atoms with Gasteiger partial charge >= 0.3 is 14.0 Å². The minimum Gasteiger partial charge on any atom is -0.434 e. The van der Waals surface area contributed by atoms with Crippen LogP contribution in [0.3, 0.4) is 0 Å². The van der Waals surface area contributed by atoms with Crippen LogP contribution in [0.4, 0.5) is 10.6 Å². The van der Waals surface area contributed by atoms with E-state index in [2.05, 4.69) is 10.1 Å². The molecule has 2 fully saturated rings. The summed E-state index contributed by atoms with van der Waals surface area (Å²) in [6.45, 7) is 3.48. The number of nitrogens with two attached hydrogens (primary N) is 1. The molecule has 4 rings (SSSR count). The van der Waals surface area contributed by atoms with E-state index < -0.39 is 44.5 Å². The Morgan fingerprint density at radius 1 is 1.45 bits per heavy atom. The average molecular weight is 453 g/mol. The van der Waals surface area contributed by atoms with Crippen LogP contribution in [0, 0.1) is 17.2 Å². The first-order valence-corrected chi connectivity index (χ1v) is 10.8. The molecule has 0 spiro atoms. The van der Waals surface area contributed by atoms with Gasteiger partial charge in [-0.15, -0.1) is 0 Å². The van der Waals surface area contributed by atoms with Crippen LogP contribution >= 0.6 is 7.82 Å². The lowest BCUT2D eigenvalue weighted by Gasteiger charge is -2.25. The third-order valence-corrected chi connectivity index (χ3v) is 5.84. The lowest BCUT2D eigenvalue weighted by atomic mass is 9.92. The Morgan fingerprint density at radius 3 is 2.94 bits per heavy atom. The van der Waals surface area contributed by atoms with Crippen molar-refractivity contribution in [2.24, 2.45) is 5.92 Å². The highest BCUT2D eigenvalue weighted by atomic mass is 31.2. The van der Waals surface area contributed by atoms with Crippen LogP contribution in [-0.2, 0) is 33.4 Å². The number of hydrogen-bond donors (Lipinski definition) is 2. The molecule has 4 heterocycles. The third kappa shape index (κ3) is 3.73. The van der Waals surface area contributed by atoms with Crippen LogP contribution in [0.1, 0.15) is 19.5 Å². The number of nitrogen functional groups attached to an aromatic ring is 1. The standard InChI is InChI=1S/C17H20N5O8P/c1-9(2)5-26-16(23)27-6-11-13-14(30-31(24,25)29-13)17(7-18,28-11)12-4-3-10-15(19)20-8-21-22(10)12/h3-4,8-9,11,13-14H,5-6H2,1-2H3,(H,24,25)(H2,19,20,21)/t11-,13-,14-,17+/m1/s1. The van der Waals surface area contributed by atoms with E-state index in [1.54, 1.807) is 6.07 Å². The van der Waals surface area contributed by atoms with Gasteiger partial charge < -0.3 is 24.8 Å². The highest BCUT2D eigenvalue weighted by Gasteiger charge is 2.67. The summed E-state index contributed by atoms with van der Waals surface area (Å²) in [5.41, 5.74) is 4.54. The normalized spacial score (nSPS) is 32.2. The molecule has 0 saturated carbocycles. The zero-order chi connectivity index (χ0) is 22.4. The first-order chi connectivity index (χ1) is 14.7. The van der Waals surface area contributed by atoms with Crippen molar-refractivity contribution < 1.29 is 37.5 Å². The highest BCUT2D eigenvalue weighted by molar-refractivity contribution is 7.47. The van der Waals surface area contributed by atoms with Gasteiger partial charge in [0.25, 0.3) is 0 Å². The molecule has 0 aliphatic carbocycles. The number of phosphoric ester groups is 1. The molecule has 0 bridgehead atoms. The second kappa shape index (κ2) is 7.74. The van der Waals surface area contributed by atoms with E-state index in [-0.39, 0.29) is 24.0 Å². The van der Waals surface area contributed by atoms with Gasteiger partial charge in [0, 0.05) is 0 Å². The largest absolute Gasteiger partial charge is 0.508 e. The van der Waals surface area contributed by atoms with Gasteiger partial charge in [0.05, 0.1) is 12.3 Å². The molecule has 0 aromatic carbocycles. The summed E-state index contributed by atoms with van der Waals surface area (Å²) in [5, 5.41) is 14.2. The van der Waals surface area contributed by atoms with E-state index in [9.17, 15) is 19.5 Å². The molecule has 2 aromatic rings. The van der Waals surface area contributed by atoms with Crippen molar-refractivity contribution in [2.75, 3.05) is 18.9 Å². The number of anilines is 1. The van der Waals surface area contributed by atoms with E-state index in [0.29, 0.717) is 5.52 Å². The fourth-order valence-electron chi connectivity index (χ4n) is 3.52. The summed E-state index contributed by atoms with van der Waals surface area (Å²) >= 11 is 0. The summed E-state index contributed by atoms with van der Waals surface area (Å²) in [6.07, 6.45) is -3.31. The molecule has 2 aliphatic rings. The maximum absolute atomic E-state index is 12.1. The minimum absolute atomic E-state index is 0.106. The number of nitriles is 1. The Bertz CT molecular complexity index is 1100. The van der Waals surface area contributed by atoms with Gasteiger partial charge in [-0.1, -0.05) is 13.8 Å². The fraction of sp³-hybridized carbons (Fsp3) is 0.529. The van der Waals surface area contributed by atoms with Gasteiger partial charge in [-0.3, -0.25) is 9.05 Å². The van der Waals surface area contributed by atoms with E-state index in [1.165, 1.54) is 16.9 Å². The third-order valence-electron chi connectivity index (χ3n) is 4.83. The van der Waals surface area contributed by atoms with Crippen molar-refractivity contribution in [3.05, 3.63) is 24.2 Å². The highest BCUT2D eigenvalue weighted by Crippen LogP contribution is 2.61. The first-order valence-electron chi connectivity index (χ1n) is 9.34. The van der Waals surface area contributed by atoms with E-state index in [4.69, 9.17) is 29.0 Å². The van der Waals surface area contributed by atoms with Crippen molar-refractivity contribution >= 4 is 25.3 Å². The SMILES string of the molecule is CC(C)COC(=O)OC[C@H]1O[C@@](C#N)(c2ccc3c(N)ncnn23)[C@@H]2OP(=O)(O)O[C@@H]21. The van der Waals surface area contributed by atoms with Crippen molar-refractivity contribution in [1.82, 2.24) is 14.6 Å². The fourth-order valence-corrected chi connectivity index (χ4v) is 4.68. The van der Waals surface area contributed by atoms with Gasteiger partial charge in [-0.05, 0) is 18.1 Å². The monoisotopic (exact) mass is 453 g/mol. The van der Waals surface area contributed by atoms with E-state index in [0.717, 1.165) is 0 Å². The number of carbonyl (C=O) groups is 1. The molecule has 1 unspecified atom stereocenters. The van der Waals surface area contributed by atoms with Crippen LogP contribution in [-0.4, -0.2) is 57.2 Å². The summed E-state index contributed by atoms with van der Waals surface area (Å²) < 4.78 is 39.7. The number of aromatic nitrogens is 3. The molecule has 3 N–H and O–H groups in total. The lowest BCUT2D eigenvalue weighted by Crippen LogP contribution is -2.39. The molecule has 2 aliphatic heterocycles. The summed E-state index contributed by atoms with van der Waals surface area (Å²) in [7, 11) is -4.47.